The van der Waals surface area contributed by atoms with Gasteiger partial charge in [-0.05, 0) is 81.5 Å². The van der Waals surface area contributed by atoms with Crippen LogP contribution in [0, 0.1) is 0 Å². The Hall–Kier alpha value is -3.27. The second-order valence-electron chi connectivity index (χ2n) is 10.7. The molecule has 39 heavy (non-hydrogen) atoms. The molecular weight excluding hydrogens is 498 g/mol. The van der Waals surface area contributed by atoms with Gasteiger partial charge >= 0.3 is 6.09 Å². The van der Waals surface area contributed by atoms with Crippen molar-refractivity contribution in [2.75, 3.05) is 26.9 Å². The molecule has 1 aliphatic rings. The highest BCUT2D eigenvalue weighted by molar-refractivity contribution is 5.90. The van der Waals surface area contributed by atoms with Crippen LogP contribution in [-0.2, 0) is 30.3 Å². The molecule has 210 valence electrons. The van der Waals surface area contributed by atoms with E-state index in [0.717, 1.165) is 47.0 Å². The van der Waals surface area contributed by atoms with Gasteiger partial charge in [-0.3, -0.25) is 14.3 Å². The maximum atomic E-state index is 12.7. The Labute approximate surface area is 229 Å². The third-order valence-electron chi connectivity index (χ3n) is 6.54. The van der Waals surface area contributed by atoms with Gasteiger partial charge in [-0.15, -0.1) is 0 Å². The Morgan fingerprint density at radius 2 is 1.90 bits per heavy atom. The molecule has 1 saturated heterocycles. The monoisotopic (exact) mass is 537 g/mol. The van der Waals surface area contributed by atoms with E-state index >= 15 is 0 Å². The minimum atomic E-state index is -0.576. The second-order valence-corrected chi connectivity index (χ2v) is 10.7. The normalized spacial score (nSPS) is 15.3. The van der Waals surface area contributed by atoms with E-state index in [0.29, 0.717) is 32.8 Å². The van der Waals surface area contributed by atoms with E-state index in [1.165, 1.54) is 0 Å². The van der Waals surface area contributed by atoms with Gasteiger partial charge in [0.1, 0.15) is 5.60 Å². The number of ether oxygens (including phenoxy) is 4. The largest absolute Gasteiger partial charge is 0.443 e. The summed E-state index contributed by atoms with van der Waals surface area (Å²) in [6.45, 7) is 7.65. The summed E-state index contributed by atoms with van der Waals surface area (Å²) in [4.78, 5) is 28.7. The molecule has 0 radical (unpaired) electrons. The van der Waals surface area contributed by atoms with Gasteiger partial charge < -0.3 is 24.3 Å². The fourth-order valence-corrected chi connectivity index (χ4v) is 4.64. The second kappa shape index (κ2) is 13.2. The number of nitrogens with one attached hydrogen (secondary N) is 1. The van der Waals surface area contributed by atoms with Gasteiger partial charge in [0.05, 0.1) is 37.6 Å². The first kappa shape index (κ1) is 28.7. The van der Waals surface area contributed by atoms with Crippen LogP contribution < -0.4 is 5.32 Å². The molecule has 1 aliphatic heterocycles. The van der Waals surface area contributed by atoms with Crippen molar-refractivity contribution in [3.05, 3.63) is 65.6 Å². The molecule has 1 atom stereocenters. The zero-order valence-electron chi connectivity index (χ0n) is 23.3. The number of fused-ring (bicyclic) bond motifs is 1. The summed E-state index contributed by atoms with van der Waals surface area (Å²) in [6, 6.07) is 12.2. The minimum absolute atomic E-state index is 0.0557. The molecule has 0 bridgehead atoms. The van der Waals surface area contributed by atoms with Gasteiger partial charge in [0.2, 0.25) is 5.91 Å². The van der Waals surface area contributed by atoms with E-state index in [9.17, 15) is 9.59 Å². The number of carbonyl (C=O) groups is 2. The fourth-order valence-electron chi connectivity index (χ4n) is 4.64. The maximum absolute atomic E-state index is 12.7. The lowest BCUT2D eigenvalue weighted by Gasteiger charge is -2.26. The molecule has 1 amide bonds. The topological polar surface area (TPSA) is 101 Å². The Kier molecular flexibility index (Phi) is 9.72. The number of benzene rings is 1. The van der Waals surface area contributed by atoms with E-state index < -0.39 is 11.7 Å². The molecule has 0 saturated carbocycles. The molecule has 0 aliphatic carbocycles. The Bertz CT molecular complexity index is 1260. The van der Waals surface area contributed by atoms with Crippen LogP contribution in [-0.4, -0.2) is 60.3 Å². The molecule has 0 spiro atoms. The molecule has 2 aromatic heterocycles. The number of rotatable bonds is 10. The quantitative estimate of drug-likeness (QED) is 0.357. The summed E-state index contributed by atoms with van der Waals surface area (Å²) >= 11 is 0. The number of hydrogen-bond acceptors (Lipinski definition) is 7. The first-order valence-corrected chi connectivity index (χ1v) is 13.5. The number of amides is 1. The maximum Gasteiger partial charge on any atom is 0.418 e. The molecule has 1 fully saturated rings. The van der Waals surface area contributed by atoms with E-state index in [2.05, 4.69) is 28.5 Å². The average Bonchev–Trinajstić information content (AvgIpc) is 3.35. The number of pyridine rings is 1. The summed E-state index contributed by atoms with van der Waals surface area (Å²) in [7, 11) is 1.61. The standard InChI is InChI=1S/C30H39N3O6/c1-30(2,3)39-29(35)33-14-11-23-18-21(6-8-26(23)33)25(7-9-28-37-15-5-16-38-28)22-10-13-32-24(19-22)20-36-17-12-27(34)31-4/h6,8,10-11,13-14,18-19,25,28H,5,7,9,12,15-17,20H2,1-4H3,(H,31,34)/t25-/m0/s1. The summed E-state index contributed by atoms with van der Waals surface area (Å²) in [6.07, 6.45) is 5.72. The van der Waals surface area contributed by atoms with Crippen LogP contribution in [0.4, 0.5) is 4.79 Å². The molecule has 9 heteroatoms. The van der Waals surface area contributed by atoms with Crippen molar-refractivity contribution in [1.82, 2.24) is 14.9 Å². The first-order chi connectivity index (χ1) is 18.7. The van der Waals surface area contributed by atoms with Gasteiger partial charge in [0.15, 0.2) is 6.29 Å². The van der Waals surface area contributed by atoms with E-state index in [1.807, 2.05) is 39.0 Å². The lowest BCUT2D eigenvalue weighted by Crippen LogP contribution is -2.26. The molecule has 1 N–H and O–H groups in total. The van der Waals surface area contributed by atoms with E-state index in [4.69, 9.17) is 18.9 Å². The highest BCUT2D eigenvalue weighted by Gasteiger charge is 2.23. The summed E-state index contributed by atoms with van der Waals surface area (Å²) in [5, 5.41) is 3.55. The van der Waals surface area contributed by atoms with Crippen molar-refractivity contribution < 1.29 is 28.5 Å². The highest BCUT2D eigenvalue weighted by atomic mass is 16.7. The van der Waals surface area contributed by atoms with Crippen LogP contribution in [0.2, 0.25) is 0 Å². The van der Waals surface area contributed by atoms with Crippen molar-refractivity contribution >= 4 is 22.9 Å². The number of carbonyl (C=O) groups excluding carboxylic acids is 2. The van der Waals surface area contributed by atoms with Crippen molar-refractivity contribution in [2.24, 2.45) is 0 Å². The predicted molar refractivity (Wildman–Crippen MR) is 148 cm³/mol. The van der Waals surface area contributed by atoms with Crippen LogP contribution >= 0.6 is 0 Å². The van der Waals surface area contributed by atoms with Gasteiger partial charge in [-0.1, -0.05) is 6.07 Å². The van der Waals surface area contributed by atoms with Crippen molar-refractivity contribution in [1.29, 1.82) is 0 Å². The summed E-state index contributed by atoms with van der Waals surface area (Å²) < 4.78 is 24.4. The molecular formula is C30H39N3O6. The summed E-state index contributed by atoms with van der Waals surface area (Å²) in [5.41, 5.74) is 3.25. The zero-order chi connectivity index (χ0) is 27.8. The van der Waals surface area contributed by atoms with Crippen LogP contribution in [0.3, 0.4) is 0 Å². The van der Waals surface area contributed by atoms with Gasteiger partial charge in [-0.2, -0.15) is 0 Å². The number of hydrogen-bond donors (Lipinski definition) is 1. The molecule has 9 nitrogen and oxygen atoms in total. The van der Waals surface area contributed by atoms with E-state index in [-0.39, 0.29) is 18.1 Å². The van der Waals surface area contributed by atoms with E-state index in [1.54, 1.807) is 24.0 Å². The van der Waals surface area contributed by atoms with Crippen molar-refractivity contribution in [3.8, 4) is 0 Å². The molecule has 4 rings (SSSR count). The highest BCUT2D eigenvalue weighted by Crippen LogP contribution is 2.33. The first-order valence-electron chi connectivity index (χ1n) is 13.5. The lowest BCUT2D eigenvalue weighted by atomic mass is 9.87. The van der Waals surface area contributed by atoms with Crippen molar-refractivity contribution in [2.45, 2.75) is 70.9 Å². The Morgan fingerprint density at radius 1 is 1.13 bits per heavy atom. The van der Waals surface area contributed by atoms with Gasteiger partial charge in [0.25, 0.3) is 0 Å². The molecule has 3 heterocycles. The average molecular weight is 538 g/mol. The van der Waals surface area contributed by atoms with Crippen LogP contribution in [0.15, 0.2) is 48.8 Å². The number of aromatic nitrogens is 2. The van der Waals surface area contributed by atoms with Crippen LogP contribution in [0.1, 0.15) is 69.2 Å². The SMILES string of the molecule is CNC(=O)CCOCc1cc([C@@H](CCC2OCCCO2)c2ccc3c(ccn3C(=O)OC(C)(C)C)c2)ccn1. The van der Waals surface area contributed by atoms with Crippen molar-refractivity contribution in [3.63, 3.8) is 0 Å². The predicted octanol–water partition coefficient (Wildman–Crippen LogP) is 5.15. The Balaban J connectivity index is 1.56. The van der Waals surface area contributed by atoms with Crippen LogP contribution in [0.5, 0.6) is 0 Å². The molecule has 3 aromatic rings. The third-order valence-corrected chi connectivity index (χ3v) is 6.54. The van der Waals surface area contributed by atoms with Gasteiger partial charge in [0, 0.05) is 37.2 Å². The molecule has 0 unspecified atom stereocenters. The molecule has 1 aromatic carbocycles. The lowest BCUT2D eigenvalue weighted by molar-refractivity contribution is -0.181. The van der Waals surface area contributed by atoms with Crippen LogP contribution in [0.25, 0.3) is 10.9 Å². The smallest absolute Gasteiger partial charge is 0.418 e. The zero-order valence-corrected chi connectivity index (χ0v) is 23.3. The minimum Gasteiger partial charge on any atom is -0.443 e. The van der Waals surface area contributed by atoms with Gasteiger partial charge in [-0.25, -0.2) is 4.79 Å². The third kappa shape index (κ3) is 8.11. The number of nitrogens with zero attached hydrogens (tertiary/aromatic N) is 2. The summed E-state index contributed by atoms with van der Waals surface area (Å²) in [5.74, 6) is 0.000778. The Morgan fingerprint density at radius 3 is 2.64 bits per heavy atom. The fraction of sp³-hybridized carbons (Fsp3) is 0.500.